The highest BCUT2D eigenvalue weighted by molar-refractivity contribution is 6.06. The second kappa shape index (κ2) is 6.65. The van der Waals surface area contributed by atoms with Crippen LogP contribution in [-0.2, 0) is 22.6 Å². The summed E-state index contributed by atoms with van der Waals surface area (Å²) in [7, 11) is 0. The summed E-state index contributed by atoms with van der Waals surface area (Å²) < 4.78 is 0. The Bertz CT molecular complexity index is 695. The maximum Gasteiger partial charge on any atom is 0.252 e. The summed E-state index contributed by atoms with van der Waals surface area (Å²) in [5.74, 6) is -0.278. The first-order chi connectivity index (χ1) is 11.2. The Hall–Kier alpha value is -2.62. The number of hydrogen-bond donors (Lipinski definition) is 1. The van der Waals surface area contributed by atoms with Gasteiger partial charge in [0.25, 0.3) is 5.91 Å². The van der Waals surface area contributed by atoms with E-state index in [0.29, 0.717) is 6.54 Å². The third kappa shape index (κ3) is 3.42. The SMILES string of the molecule is CCc1ccc(N[C@@H]2CC(=O)N(Cc3ccccc3)C2=O)cc1. The number of amides is 2. The molecule has 1 fully saturated rings. The highest BCUT2D eigenvalue weighted by atomic mass is 16.2. The van der Waals surface area contributed by atoms with Gasteiger partial charge in [-0.25, -0.2) is 0 Å². The van der Waals surface area contributed by atoms with Gasteiger partial charge in [-0.05, 0) is 29.7 Å². The summed E-state index contributed by atoms with van der Waals surface area (Å²) >= 11 is 0. The van der Waals surface area contributed by atoms with Crippen LogP contribution in [0.15, 0.2) is 54.6 Å². The lowest BCUT2D eigenvalue weighted by Gasteiger charge is -2.16. The molecule has 4 heteroatoms. The van der Waals surface area contributed by atoms with E-state index in [-0.39, 0.29) is 18.2 Å². The molecule has 4 nitrogen and oxygen atoms in total. The van der Waals surface area contributed by atoms with E-state index in [1.807, 2.05) is 54.6 Å². The highest BCUT2D eigenvalue weighted by Crippen LogP contribution is 2.21. The molecule has 0 aliphatic carbocycles. The van der Waals surface area contributed by atoms with Crippen molar-refractivity contribution in [3.63, 3.8) is 0 Å². The minimum absolute atomic E-state index is 0.124. The molecule has 118 valence electrons. The number of benzene rings is 2. The van der Waals surface area contributed by atoms with Crippen molar-refractivity contribution in [2.75, 3.05) is 5.32 Å². The largest absolute Gasteiger partial charge is 0.373 e. The van der Waals surface area contributed by atoms with Crippen molar-refractivity contribution < 1.29 is 9.59 Å². The molecule has 0 aromatic heterocycles. The number of rotatable bonds is 5. The number of imide groups is 1. The van der Waals surface area contributed by atoms with Crippen LogP contribution in [0.5, 0.6) is 0 Å². The molecule has 1 aliphatic heterocycles. The van der Waals surface area contributed by atoms with Crippen LogP contribution in [0, 0.1) is 0 Å². The van der Waals surface area contributed by atoms with Crippen molar-refractivity contribution >= 4 is 17.5 Å². The van der Waals surface area contributed by atoms with Crippen LogP contribution in [0.3, 0.4) is 0 Å². The Balaban J connectivity index is 1.68. The number of aryl methyl sites for hydroxylation is 1. The predicted molar refractivity (Wildman–Crippen MR) is 89.8 cm³/mol. The molecule has 0 bridgehead atoms. The molecule has 3 rings (SSSR count). The van der Waals surface area contributed by atoms with Gasteiger partial charge in [-0.3, -0.25) is 14.5 Å². The number of nitrogens with one attached hydrogen (secondary N) is 1. The molecule has 0 spiro atoms. The average molecular weight is 308 g/mol. The number of likely N-dealkylation sites (tertiary alicyclic amines) is 1. The van der Waals surface area contributed by atoms with E-state index >= 15 is 0 Å². The second-order valence-electron chi connectivity index (χ2n) is 5.76. The van der Waals surface area contributed by atoms with E-state index < -0.39 is 6.04 Å². The van der Waals surface area contributed by atoms with Crippen LogP contribution in [0.4, 0.5) is 5.69 Å². The van der Waals surface area contributed by atoms with Gasteiger partial charge in [0.05, 0.1) is 13.0 Å². The second-order valence-corrected chi connectivity index (χ2v) is 5.76. The minimum atomic E-state index is -0.473. The normalized spacial score (nSPS) is 17.6. The van der Waals surface area contributed by atoms with Gasteiger partial charge < -0.3 is 5.32 Å². The van der Waals surface area contributed by atoms with Crippen molar-refractivity contribution in [3.05, 3.63) is 65.7 Å². The molecule has 1 atom stereocenters. The van der Waals surface area contributed by atoms with E-state index in [9.17, 15) is 9.59 Å². The first kappa shape index (κ1) is 15.3. The van der Waals surface area contributed by atoms with Crippen molar-refractivity contribution in [1.82, 2.24) is 4.90 Å². The molecule has 1 aliphatic rings. The highest BCUT2D eigenvalue weighted by Gasteiger charge is 2.38. The number of carbonyl (C=O) groups is 2. The fourth-order valence-electron chi connectivity index (χ4n) is 2.77. The fraction of sp³-hybridized carbons (Fsp3) is 0.263. The van der Waals surface area contributed by atoms with Crippen molar-refractivity contribution in [2.24, 2.45) is 0 Å². The first-order valence-corrected chi connectivity index (χ1v) is 7.91. The molecule has 1 saturated heterocycles. The Kier molecular flexibility index (Phi) is 4.42. The van der Waals surface area contributed by atoms with Crippen molar-refractivity contribution in [3.8, 4) is 0 Å². The molecular formula is C19H20N2O2. The van der Waals surface area contributed by atoms with Crippen LogP contribution in [0.25, 0.3) is 0 Å². The summed E-state index contributed by atoms with van der Waals surface area (Å²) in [6.45, 7) is 2.44. The molecule has 0 radical (unpaired) electrons. The zero-order chi connectivity index (χ0) is 16.2. The molecule has 1 heterocycles. The number of hydrogen-bond acceptors (Lipinski definition) is 3. The smallest absolute Gasteiger partial charge is 0.252 e. The molecule has 2 aromatic carbocycles. The van der Waals surface area contributed by atoms with Crippen molar-refractivity contribution in [2.45, 2.75) is 32.4 Å². The summed E-state index contributed by atoms with van der Waals surface area (Å²) in [6.07, 6.45) is 1.19. The molecule has 2 aromatic rings. The fourth-order valence-corrected chi connectivity index (χ4v) is 2.77. The molecule has 0 unspecified atom stereocenters. The lowest BCUT2D eigenvalue weighted by atomic mass is 10.1. The molecule has 23 heavy (non-hydrogen) atoms. The Morgan fingerprint density at radius 2 is 1.70 bits per heavy atom. The Morgan fingerprint density at radius 1 is 1.00 bits per heavy atom. The summed E-state index contributed by atoms with van der Waals surface area (Å²) in [4.78, 5) is 26.0. The van der Waals surface area contributed by atoms with E-state index in [4.69, 9.17) is 0 Å². The van der Waals surface area contributed by atoms with Crippen LogP contribution in [0.2, 0.25) is 0 Å². The molecule has 1 N–H and O–H groups in total. The Morgan fingerprint density at radius 3 is 2.35 bits per heavy atom. The van der Waals surface area contributed by atoms with Crippen molar-refractivity contribution in [1.29, 1.82) is 0 Å². The lowest BCUT2D eigenvalue weighted by Crippen LogP contribution is -2.34. The molecule has 2 amide bonds. The summed E-state index contributed by atoms with van der Waals surface area (Å²) in [5.41, 5.74) is 3.08. The monoisotopic (exact) mass is 308 g/mol. The van der Waals surface area contributed by atoms with E-state index in [2.05, 4.69) is 12.2 Å². The van der Waals surface area contributed by atoms with Gasteiger partial charge in [0.1, 0.15) is 6.04 Å². The first-order valence-electron chi connectivity index (χ1n) is 7.91. The van der Waals surface area contributed by atoms with Crippen LogP contribution >= 0.6 is 0 Å². The average Bonchev–Trinajstić information content (AvgIpc) is 2.84. The topological polar surface area (TPSA) is 49.4 Å². The summed E-state index contributed by atoms with van der Waals surface area (Å²) in [5, 5.41) is 3.18. The van der Waals surface area contributed by atoms with Gasteiger partial charge in [0.2, 0.25) is 5.91 Å². The lowest BCUT2D eigenvalue weighted by molar-refractivity contribution is -0.139. The van der Waals surface area contributed by atoms with E-state index in [1.165, 1.54) is 10.5 Å². The molecule has 0 saturated carbocycles. The van der Waals surface area contributed by atoms with Gasteiger partial charge >= 0.3 is 0 Å². The maximum atomic E-state index is 12.5. The van der Waals surface area contributed by atoms with Gasteiger partial charge in [-0.1, -0.05) is 49.4 Å². The number of nitrogens with zero attached hydrogens (tertiary/aromatic N) is 1. The van der Waals surface area contributed by atoms with Crippen LogP contribution in [-0.4, -0.2) is 22.8 Å². The van der Waals surface area contributed by atoms with Gasteiger partial charge in [0, 0.05) is 5.69 Å². The maximum absolute atomic E-state index is 12.5. The zero-order valence-corrected chi connectivity index (χ0v) is 13.2. The Labute approximate surface area is 136 Å². The van der Waals surface area contributed by atoms with Gasteiger partial charge in [0.15, 0.2) is 0 Å². The quantitative estimate of drug-likeness (QED) is 0.864. The summed E-state index contributed by atoms with van der Waals surface area (Å²) in [6, 6.07) is 17.1. The van der Waals surface area contributed by atoms with Crippen LogP contribution < -0.4 is 5.32 Å². The van der Waals surface area contributed by atoms with Gasteiger partial charge in [-0.15, -0.1) is 0 Å². The molecular weight excluding hydrogens is 288 g/mol. The zero-order valence-electron chi connectivity index (χ0n) is 13.2. The van der Waals surface area contributed by atoms with E-state index in [1.54, 1.807) is 0 Å². The number of anilines is 1. The minimum Gasteiger partial charge on any atom is -0.373 e. The van der Waals surface area contributed by atoms with Crippen LogP contribution in [0.1, 0.15) is 24.5 Å². The standard InChI is InChI=1S/C19H20N2O2/c1-2-14-8-10-16(11-9-14)20-17-12-18(22)21(19(17)23)13-15-6-4-3-5-7-15/h3-11,17,20H,2,12-13H2,1H3/t17-/m1/s1. The predicted octanol–water partition coefficient (Wildman–Crippen LogP) is 2.99. The van der Waals surface area contributed by atoms with E-state index in [0.717, 1.165) is 17.7 Å². The number of carbonyl (C=O) groups excluding carboxylic acids is 2. The third-order valence-corrected chi connectivity index (χ3v) is 4.13. The third-order valence-electron chi connectivity index (χ3n) is 4.13. The van der Waals surface area contributed by atoms with Gasteiger partial charge in [-0.2, -0.15) is 0 Å².